The lowest BCUT2D eigenvalue weighted by molar-refractivity contribution is 0.383. The maximum absolute atomic E-state index is 13.1. The van der Waals surface area contributed by atoms with Crippen LogP contribution in [0.5, 0.6) is 11.5 Å². The van der Waals surface area contributed by atoms with Gasteiger partial charge in [0.1, 0.15) is 16.4 Å². The van der Waals surface area contributed by atoms with Crippen molar-refractivity contribution in [3.05, 3.63) is 54.1 Å². The van der Waals surface area contributed by atoms with Gasteiger partial charge >= 0.3 is 0 Å². The van der Waals surface area contributed by atoms with Crippen molar-refractivity contribution in [3.8, 4) is 11.5 Å². The molecule has 2 rings (SSSR count). The molecule has 0 atom stereocenters. The van der Waals surface area contributed by atoms with Crippen molar-refractivity contribution in [1.29, 1.82) is 0 Å². The van der Waals surface area contributed by atoms with Gasteiger partial charge in [-0.25, -0.2) is 8.42 Å². The fourth-order valence-electron chi connectivity index (χ4n) is 2.52. The fourth-order valence-corrected chi connectivity index (χ4v) is 4.15. The second kappa shape index (κ2) is 8.84. The number of sulfonamides is 1. The Bertz CT molecular complexity index is 779. The Kier molecular flexibility index (Phi) is 6.81. The zero-order chi connectivity index (χ0) is 18.3. The smallest absolute Gasteiger partial charge is 0.246 e. The minimum absolute atomic E-state index is 0.0795. The van der Waals surface area contributed by atoms with E-state index in [0.717, 1.165) is 5.56 Å². The summed E-state index contributed by atoms with van der Waals surface area (Å²) in [6.07, 6.45) is 0.604. The summed E-state index contributed by atoms with van der Waals surface area (Å²) in [5.41, 5.74) is 6.70. The van der Waals surface area contributed by atoms with Crippen molar-refractivity contribution in [3.63, 3.8) is 0 Å². The highest BCUT2D eigenvalue weighted by atomic mass is 32.2. The third-order valence-corrected chi connectivity index (χ3v) is 5.78. The molecule has 2 aromatic rings. The van der Waals surface area contributed by atoms with E-state index in [2.05, 4.69) is 0 Å². The molecule has 0 radical (unpaired) electrons. The third kappa shape index (κ3) is 4.72. The Labute approximate surface area is 149 Å². The molecule has 0 amide bonds. The number of benzene rings is 2. The Morgan fingerprint density at radius 3 is 2.32 bits per heavy atom. The standard InChI is InChI=1S/C18H24N2O4S/c1-23-16-8-9-17(24-2)18(14-16)25(21,22)20(13-11-19)12-10-15-6-4-3-5-7-15/h3-9,14H,10-13,19H2,1-2H3. The molecule has 7 heteroatoms. The van der Waals surface area contributed by atoms with Crippen LogP contribution in [0.1, 0.15) is 5.56 Å². The van der Waals surface area contributed by atoms with Gasteiger partial charge in [0.25, 0.3) is 0 Å². The van der Waals surface area contributed by atoms with E-state index >= 15 is 0 Å². The highest BCUT2D eigenvalue weighted by Crippen LogP contribution is 2.30. The fraction of sp³-hybridized carbons (Fsp3) is 0.333. The second-order valence-electron chi connectivity index (χ2n) is 5.45. The van der Waals surface area contributed by atoms with Gasteiger partial charge in [-0.1, -0.05) is 30.3 Å². The average molecular weight is 364 g/mol. The molecule has 0 unspecified atom stereocenters. The molecule has 0 aliphatic carbocycles. The van der Waals surface area contributed by atoms with Crippen LogP contribution in [0.2, 0.25) is 0 Å². The minimum Gasteiger partial charge on any atom is -0.497 e. The Morgan fingerprint density at radius 1 is 1.00 bits per heavy atom. The molecule has 0 heterocycles. The molecule has 25 heavy (non-hydrogen) atoms. The van der Waals surface area contributed by atoms with Crippen LogP contribution in [0.15, 0.2) is 53.4 Å². The molecule has 136 valence electrons. The number of nitrogens with two attached hydrogens (primary N) is 1. The second-order valence-corrected chi connectivity index (χ2v) is 7.35. The molecule has 0 fully saturated rings. The lowest BCUT2D eigenvalue weighted by atomic mass is 10.1. The monoisotopic (exact) mass is 364 g/mol. The number of hydrogen-bond donors (Lipinski definition) is 1. The lowest BCUT2D eigenvalue weighted by Crippen LogP contribution is -2.37. The number of ether oxygens (including phenoxy) is 2. The largest absolute Gasteiger partial charge is 0.497 e. The zero-order valence-corrected chi connectivity index (χ0v) is 15.3. The van der Waals surface area contributed by atoms with E-state index in [9.17, 15) is 8.42 Å². The van der Waals surface area contributed by atoms with Crippen LogP contribution in [0.4, 0.5) is 0 Å². The van der Waals surface area contributed by atoms with Gasteiger partial charge in [-0.15, -0.1) is 0 Å². The molecule has 0 saturated heterocycles. The first-order valence-electron chi connectivity index (χ1n) is 7.99. The maximum Gasteiger partial charge on any atom is 0.246 e. The molecular weight excluding hydrogens is 340 g/mol. The van der Waals surface area contributed by atoms with Crippen molar-refractivity contribution in [1.82, 2.24) is 4.31 Å². The summed E-state index contributed by atoms with van der Waals surface area (Å²) in [6.45, 7) is 0.805. The van der Waals surface area contributed by atoms with E-state index in [1.54, 1.807) is 12.1 Å². The number of methoxy groups -OCH3 is 2. The SMILES string of the molecule is COc1ccc(OC)c(S(=O)(=O)N(CCN)CCc2ccccc2)c1. The van der Waals surface area contributed by atoms with Crippen LogP contribution < -0.4 is 15.2 Å². The topological polar surface area (TPSA) is 81.9 Å². The third-order valence-electron chi connectivity index (χ3n) is 3.86. The van der Waals surface area contributed by atoms with E-state index in [-0.39, 0.29) is 23.7 Å². The zero-order valence-electron chi connectivity index (χ0n) is 14.5. The van der Waals surface area contributed by atoms with Crippen LogP contribution >= 0.6 is 0 Å². The van der Waals surface area contributed by atoms with E-state index in [0.29, 0.717) is 18.7 Å². The minimum atomic E-state index is -3.76. The first kappa shape index (κ1) is 19.2. The van der Waals surface area contributed by atoms with E-state index in [4.69, 9.17) is 15.2 Å². The summed E-state index contributed by atoms with van der Waals surface area (Å²) in [5, 5.41) is 0. The van der Waals surface area contributed by atoms with Gasteiger partial charge in [0, 0.05) is 25.7 Å². The number of hydrogen-bond acceptors (Lipinski definition) is 5. The molecule has 0 aliphatic heterocycles. The lowest BCUT2D eigenvalue weighted by Gasteiger charge is -2.23. The Hall–Kier alpha value is -2.09. The van der Waals surface area contributed by atoms with E-state index in [1.807, 2.05) is 30.3 Å². The predicted octanol–water partition coefficient (Wildman–Crippen LogP) is 1.90. The Morgan fingerprint density at radius 2 is 1.72 bits per heavy atom. The quantitative estimate of drug-likeness (QED) is 0.735. The summed E-state index contributed by atoms with van der Waals surface area (Å²) in [6, 6.07) is 14.5. The summed E-state index contributed by atoms with van der Waals surface area (Å²) in [7, 11) is -0.827. The van der Waals surface area contributed by atoms with Gasteiger partial charge < -0.3 is 15.2 Å². The van der Waals surface area contributed by atoms with Gasteiger partial charge in [0.15, 0.2) is 0 Å². The molecule has 0 saturated carbocycles. The summed E-state index contributed by atoms with van der Waals surface area (Å²) >= 11 is 0. The maximum atomic E-state index is 13.1. The van der Waals surface area contributed by atoms with Gasteiger partial charge in [0.2, 0.25) is 10.0 Å². The molecule has 2 aromatic carbocycles. The molecule has 0 aromatic heterocycles. The predicted molar refractivity (Wildman–Crippen MR) is 97.5 cm³/mol. The molecule has 2 N–H and O–H groups in total. The first-order valence-corrected chi connectivity index (χ1v) is 9.43. The molecule has 6 nitrogen and oxygen atoms in total. The normalized spacial score (nSPS) is 11.5. The van der Waals surface area contributed by atoms with Crippen molar-refractivity contribution in [2.75, 3.05) is 33.9 Å². The van der Waals surface area contributed by atoms with Crippen LogP contribution in [0.3, 0.4) is 0 Å². The molecular formula is C18H24N2O4S. The molecule has 0 aliphatic rings. The van der Waals surface area contributed by atoms with E-state index < -0.39 is 10.0 Å². The van der Waals surface area contributed by atoms with Crippen molar-refractivity contribution < 1.29 is 17.9 Å². The van der Waals surface area contributed by atoms with Crippen molar-refractivity contribution in [2.24, 2.45) is 5.73 Å². The molecule has 0 spiro atoms. The van der Waals surface area contributed by atoms with Gasteiger partial charge in [-0.3, -0.25) is 0 Å². The first-order chi connectivity index (χ1) is 12.0. The highest BCUT2D eigenvalue weighted by molar-refractivity contribution is 7.89. The molecule has 0 bridgehead atoms. The van der Waals surface area contributed by atoms with Crippen LogP contribution in [0, 0.1) is 0 Å². The van der Waals surface area contributed by atoms with E-state index in [1.165, 1.54) is 24.6 Å². The van der Waals surface area contributed by atoms with Gasteiger partial charge in [-0.2, -0.15) is 4.31 Å². The number of nitrogens with zero attached hydrogens (tertiary/aromatic N) is 1. The summed E-state index contributed by atoms with van der Waals surface area (Å²) in [4.78, 5) is 0.0795. The van der Waals surface area contributed by atoms with Crippen LogP contribution in [0.25, 0.3) is 0 Å². The summed E-state index contributed by atoms with van der Waals surface area (Å²) in [5.74, 6) is 0.734. The van der Waals surface area contributed by atoms with Crippen molar-refractivity contribution in [2.45, 2.75) is 11.3 Å². The summed E-state index contributed by atoms with van der Waals surface area (Å²) < 4.78 is 38.0. The van der Waals surface area contributed by atoms with Crippen LogP contribution in [-0.2, 0) is 16.4 Å². The average Bonchev–Trinajstić information content (AvgIpc) is 2.65. The van der Waals surface area contributed by atoms with Crippen molar-refractivity contribution >= 4 is 10.0 Å². The highest BCUT2D eigenvalue weighted by Gasteiger charge is 2.27. The number of rotatable bonds is 9. The van der Waals surface area contributed by atoms with Gasteiger partial charge in [-0.05, 0) is 24.1 Å². The Balaban J connectivity index is 2.32. The van der Waals surface area contributed by atoms with Gasteiger partial charge in [0.05, 0.1) is 14.2 Å². The van der Waals surface area contributed by atoms with Crippen LogP contribution in [-0.4, -0.2) is 46.6 Å².